The lowest BCUT2D eigenvalue weighted by atomic mass is 10.2. The van der Waals surface area contributed by atoms with Crippen LogP contribution in [-0.2, 0) is 9.78 Å². The minimum atomic E-state index is -0.821. The monoisotopic (exact) mass is 333 g/mol. The fourth-order valence-electron chi connectivity index (χ4n) is 1.82. The Morgan fingerprint density at radius 2 is 2.17 bits per heavy atom. The molecule has 0 aliphatic carbocycles. The summed E-state index contributed by atoms with van der Waals surface area (Å²) in [7, 11) is 0. The van der Waals surface area contributed by atoms with Crippen LogP contribution in [-0.4, -0.2) is 23.6 Å². The Kier molecular flexibility index (Phi) is 6.32. The van der Waals surface area contributed by atoms with Gasteiger partial charge in [0.2, 0.25) is 0 Å². The van der Waals surface area contributed by atoms with Crippen molar-refractivity contribution in [2.45, 2.75) is 25.7 Å². The molecule has 0 radical (unpaired) electrons. The number of nitriles is 1. The summed E-state index contributed by atoms with van der Waals surface area (Å²) in [6, 6.07) is 7.28. The van der Waals surface area contributed by atoms with E-state index in [1.165, 1.54) is 0 Å². The highest BCUT2D eigenvalue weighted by molar-refractivity contribution is 7.20. The van der Waals surface area contributed by atoms with Crippen molar-refractivity contribution in [1.29, 1.82) is 5.26 Å². The van der Waals surface area contributed by atoms with Crippen molar-refractivity contribution in [2.24, 2.45) is 0 Å². The molecule has 2 aromatic heterocycles. The van der Waals surface area contributed by atoms with Gasteiger partial charge in [0, 0.05) is 24.5 Å². The van der Waals surface area contributed by atoms with Crippen LogP contribution in [0.3, 0.4) is 0 Å². The average molecular weight is 333 g/mol. The predicted octanol–water partition coefficient (Wildman–Crippen LogP) is 3.18. The number of aromatic nitrogens is 1. The molecular weight excluding hydrogens is 318 g/mol. The van der Waals surface area contributed by atoms with E-state index < -0.39 is 12.1 Å². The Morgan fingerprint density at radius 1 is 1.30 bits per heavy atom. The summed E-state index contributed by atoms with van der Waals surface area (Å²) in [6.07, 6.45) is 3.68. The Balaban J connectivity index is 1.69. The highest BCUT2D eigenvalue weighted by Crippen LogP contribution is 2.23. The first kappa shape index (κ1) is 16.7. The number of carbonyl (C=O) groups excluding carboxylic acids is 2. The number of amides is 1. The molecule has 0 saturated carbocycles. The fraction of sp³-hybridized carbons (Fsp3) is 0.333. The van der Waals surface area contributed by atoms with E-state index in [2.05, 4.69) is 26.1 Å². The van der Waals surface area contributed by atoms with Crippen LogP contribution in [0.5, 0.6) is 0 Å². The Morgan fingerprint density at radius 3 is 2.96 bits per heavy atom. The standard InChI is InChI=1S/C15H15N3O4S/c16-7-3-1-2-4-8-18-15(20)22-21-14(19)12-10-11-6-5-9-17-13(11)23-12/h5-6,9-10H,1-4,8H2,(H,18,20). The Labute approximate surface area is 136 Å². The van der Waals surface area contributed by atoms with Crippen molar-refractivity contribution >= 4 is 33.6 Å². The Bertz CT molecular complexity index is 690. The van der Waals surface area contributed by atoms with E-state index in [0.717, 1.165) is 36.0 Å². The van der Waals surface area contributed by atoms with Crippen molar-refractivity contribution < 1.29 is 19.4 Å². The van der Waals surface area contributed by atoms with Gasteiger partial charge in [-0.2, -0.15) is 5.26 Å². The molecule has 2 rings (SSSR count). The second-order valence-corrected chi connectivity index (χ2v) is 5.68. The molecule has 0 bridgehead atoms. The molecule has 0 saturated heterocycles. The maximum Gasteiger partial charge on any atom is 0.450 e. The number of nitrogens with zero attached hydrogens (tertiary/aromatic N) is 2. The largest absolute Gasteiger partial charge is 0.450 e. The number of fused-ring (bicyclic) bond motifs is 1. The lowest BCUT2D eigenvalue weighted by Gasteiger charge is -2.04. The fourth-order valence-corrected chi connectivity index (χ4v) is 2.69. The van der Waals surface area contributed by atoms with Crippen LogP contribution in [0.1, 0.15) is 35.4 Å². The van der Waals surface area contributed by atoms with Gasteiger partial charge in [0.1, 0.15) is 9.71 Å². The number of rotatable bonds is 6. The third-order valence-corrected chi connectivity index (χ3v) is 3.96. The molecular formula is C15H15N3O4S. The van der Waals surface area contributed by atoms with Crippen LogP contribution in [0.25, 0.3) is 10.2 Å². The third-order valence-electron chi connectivity index (χ3n) is 2.92. The summed E-state index contributed by atoms with van der Waals surface area (Å²) in [6.45, 7) is 0.397. The zero-order valence-corrected chi connectivity index (χ0v) is 13.1. The topological polar surface area (TPSA) is 101 Å². The van der Waals surface area contributed by atoms with Crippen LogP contribution in [0.2, 0.25) is 0 Å². The predicted molar refractivity (Wildman–Crippen MR) is 83.6 cm³/mol. The third kappa shape index (κ3) is 5.23. The van der Waals surface area contributed by atoms with E-state index in [-0.39, 0.29) is 0 Å². The number of unbranched alkanes of at least 4 members (excludes halogenated alkanes) is 3. The van der Waals surface area contributed by atoms with E-state index >= 15 is 0 Å². The van der Waals surface area contributed by atoms with Gasteiger partial charge in [0.15, 0.2) is 0 Å². The van der Waals surface area contributed by atoms with Crippen molar-refractivity contribution in [3.05, 3.63) is 29.3 Å². The molecule has 2 heterocycles. The van der Waals surface area contributed by atoms with E-state index in [4.69, 9.17) is 5.26 Å². The molecule has 0 aromatic carbocycles. The van der Waals surface area contributed by atoms with Crippen LogP contribution in [0.15, 0.2) is 24.4 Å². The first-order valence-electron chi connectivity index (χ1n) is 7.09. The van der Waals surface area contributed by atoms with Crippen molar-refractivity contribution in [2.75, 3.05) is 6.54 Å². The highest BCUT2D eigenvalue weighted by atomic mass is 32.1. The number of nitrogens with one attached hydrogen (secondary N) is 1. The van der Waals surface area contributed by atoms with Crippen molar-refractivity contribution in [1.82, 2.24) is 10.3 Å². The van der Waals surface area contributed by atoms with E-state index in [1.807, 2.05) is 6.07 Å². The minimum absolute atomic E-state index is 0.308. The molecule has 0 aliphatic heterocycles. The molecule has 0 spiro atoms. The molecule has 7 nitrogen and oxygen atoms in total. The highest BCUT2D eigenvalue weighted by Gasteiger charge is 2.15. The molecule has 0 unspecified atom stereocenters. The number of pyridine rings is 1. The second-order valence-electron chi connectivity index (χ2n) is 4.65. The molecule has 23 heavy (non-hydrogen) atoms. The first-order chi connectivity index (χ1) is 11.2. The normalized spacial score (nSPS) is 10.0. The quantitative estimate of drug-likeness (QED) is 0.495. The van der Waals surface area contributed by atoms with E-state index in [1.54, 1.807) is 18.3 Å². The van der Waals surface area contributed by atoms with Crippen LogP contribution in [0.4, 0.5) is 4.79 Å². The minimum Gasteiger partial charge on any atom is -0.318 e. The lowest BCUT2D eigenvalue weighted by molar-refractivity contribution is -0.183. The lowest BCUT2D eigenvalue weighted by Crippen LogP contribution is -2.26. The smallest absolute Gasteiger partial charge is 0.318 e. The van der Waals surface area contributed by atoms with Gasteiger partial charge in [-0.15, -0.1) is 11.3 Å². The zero-order chi connectivity index (χ0) is 16.5. The number of hydrogen-bond acceptors (Lipinski definition) is 7. The summed E-state index contributed by atoms with van der Waals surface area (Å²) < 4.78 is 0. The van der Waals surface area contributed by atoms with Gasteiger partial charge in [-0.1, -0.05) is 12.5 Å². The average Bonchev–Trinajstić information content (AvgIpc) is 3.00. The Hall–Kier alpha value is -2.66. The maximum absolute atomic E-state index is 11.8. The van der Waals surface area contributed by atoms with E-state index in [9.17, 15) is 9.59 Å². The van der Waals surface area contributed by atoms with Crippen LogP contribution in [0, 0.1) is 11.3 Å². The maximum atomic E-state index is 11.8. The number of thiophene rings is 1. The van der Waals surface area contributed by atoms with Gasteiger partial charge < -0.3 is 5.32 Å². The summed E-state index contributed by atoms with van der Waals surface area (Å²) in [5.41, 5.74) is 0. The summed E-state index contributed by atoms with van der Waals surface area (Å²) in [5, 5.41) is 11.7. The molecule has 120 valence electrons. The molecule has 8 heteroatoms. The van der Waals surface area contributed by atoms with Gasteiger partial charge in [-0.05, 0) is 25.0 Å². The van der Waals surface area contributed by atoms with Crippen LogP contribution >= 0.6 is 11.3 Å². The zero-order valence-electron chi connectivity index (χ0n) is 12.3. The number of hydrogen-bond donors (Lipinski definition) is 1. The van der Waals surface area contributed by atoms with Gasteiger partial charge >= 0.3 is 12.1 Å². The molecule has 2 aromatic rings. The SMILES string of the molecule is N#CCCCCCNC(=O)OOC(=O)c1cc2cccnc2s1. The van der Waals surface area contributed by atoms with Gasteiger partial charge in [-0.25, -0.2) is 24.3 Å². The number of carbonyl (C=O) groups is 2. The molecule has 1 amide bonds. The van der Waals surface area contributed by atoms with Crippen LogP contribution < -0.4 is 5.32 Å². The van der Waals surface area contributed by atoms with Crippen molar-refractivity contribution in [3.63, 3.8) is 0 Å². The van der Waals surface area contributed by atoms with Gasteiger partial charge in [-0.3, -0.25) is 0 Å². The summed E-state index contributed by atoms with van der Waals surface area (Å²) in [4.78, 5) is 37.2. The molecule has 0 atom stereocenters. The first-order valence-corrected chi connectivity index (χ1v) is 7.90. The summed E-state index contributed by atoms with van der Waals surface area (Å²) in [5.74, 6) is -0.739. The van der Waals surface area contributed by atoms with E-state index in [0.29, 0.717) is 22.7 Å². The molecule has 1 N–H and O–H groups in total. The summed E-state index contributed by atoms with van der Waals surface area (Å²) >= 11 is 1.16. The second kappa shape index (κ2) is 8.70. The van der Waals surface area contributed by atoms with Gasteiger partial charge in [0.25, 0.3) is 0 Å². The molecule has 0 aliphatic rings. The van der Waals surface area contributed by atoms with Gasteiger partial charge in [0.05, 0.1) is 6.07 Å². The molecule has 0 fully saturated rings. The van der Waals surface area contributed by atoms with Crippen molar-refractivity contribution in [3.8, 4) is 6.07 Å².